The molecule has 0 saturated carbocycles. The van der Waals surface area contributed by atoms with Crippen LogP contribution in [-0.2, 0) is 0 Å². The molecule has 0 saturated heterocycles. The molecule has 90 valence electrons. The molecule has 0 aliphatic carbocycles. The van der Waals surface area contributed by atoms with Crippen LogP contribution in [0.3, 0.4) is 0 Å². The van der Waals surface area contributed by atoms with E-state index in [0.29, 0.717) is 23.5 Å². The van der Waals surface area contributed by atoms with Crippen LogP contribution in [0.1, 0.15) is 16.8 Å². The van der Waals surface area contributed by atoms with E-state index in [2.05, 4.69) is 6.08 Å². The Bertz CT molecular complexity index is 455. The van der Waals surface area contributed by atoms with Crippen molar-refractivity contribution in [3.05, 3.63) is 35.9 Å². The summed E-state index contributed by atoms with van der Waals surface area (Å²) in [5.74, 6) is 0.508. The predicted octanol–water partition coefficient (Wildman–Crippen LogP) is 1.68. The van der Waals surface area contributed by atoms with E-state index < -0.39 is 0 Å². The van der Waals surface area contributed by atoms with Gasteiger partial charge in [-0.2, -0.15) is 0 Å². The van der Waals surface area contributed by atoms with Crippen molar-refractivity contribution in [2.45, 2.75) is 6.42 Å². The van der Waals surface area contributed by atoms with E-state index in [9.17, 15) is 4.79 Å². The number of anilines is 1. The number of nitrogens with two attached hydrogens (primary N) is 1. The Morgan fingerprint density at radius 1 is 1.41 bits per heavy atom. The molecule has 0 atom stereocenters. The van der Waals surface area contributed by atoms with E-state index in [1.165, 1.54) is 0 Å². The summed E-state index contributed by atoms with van der Waals surface area (Å²) in [4.78, 5) is 14.0. The summed E-state index contributed by atoms with van der Waals surface area (Å²) in [6, 6.07) is 5.27. The topological polar surface area (TPSA) is 55.6 Å². The molecule has 0 fully saturated rings. The predicted molar refractivity (Wildman–Crippen MR) is 67.1 cm³/mol. The second-order valence-corrected chi connectivity index (χ2v) is 3.93. The first kappa shape index (κ1) is 11.5. The van der Waals surface area contributed by atoms with Gasteiger partial charge in [0.2, 0.25) is 0 Å². The van der Waals surface area contributed by atoms with Crippen LogP contribution in [0.15, 0.2) is 30.4 Å². The maximum Gasteiger partial charge on any atom is 0.256 e. The lowest BCUT2D eigenvalue weighted by atomic mass is 10.1. The molecule has 1 amide bonds. The number of rotatable bonds is 2. The Morgan fingerprint density at radius 2 is 2.24 bits per heavy atom. The van der Waals surface area contributed by atoms with Crippen molar-refractivity contribution >= 4 is 11.6 Å². The molecular weight excluding hydrogens is 216 g/mol. The second-order valence-electron chi connectivity index (χ2n) is 3.93. The zero-order valence-corrected chi connectivity index (χ0v) is 9.85. The van der Waals surface area contributed by atoms with Crippen molar-refractivity contribution in [3.63, 3.8) is 0 Å². The summed E-state index contributed by atoms with van der Waals surface area (Å²) in [7, 11) is 1.55. The van der Waals surface area contributed by atoms with Gasteiger partial charge in [-0.05, 0) is 18.6 Å². The van der Waals surface area contributed by atoms with E-state index in [1.807, 2.05) is 6.08 Å². The van der Waals surface area contributed by atoms with Crippen molar-refractivity contribution in [1.82, 2.24) is 4.90 Å². The van der Waals surface area contributed by atoms with Gasteiger partial charge in [-0.3, -0.25) is 4.79 Å². The molecule has 0 radical (unpaired) electrons. The number of methoxy groups -OCH3 is 1. The highest BCUT2D eigenvalue weighted by atomic mass is 16.5. The molecule has 4 nitrogen and oxygen atoms in total. The lowest BCUT2D eigenvalue weighted by Gasteiger charge is -2.24. The maximum atomic E-state index is 12.2. The molecule has 1 aromatic carbocycles. The minimum atomic E-state index is -0.0363. The zero-order chi connectivity index (χ0) is 12.3. The number of carbonyl (C=O) groups excluding carboxylic acids is 1. The summed E-state index contributed by atoms with van der Waals surface area (Å²) in [6.45, 7) is 1.39. The smallest absolute Gasteiger partial charge is 0.256 e. The highest BCUT2D eigenvalue weighted by molar-refractivity contribution is 6.00. The number of nitrogens with zero attached hydrogens (tertiary/aromatic N) is 1. The fourth-order valence-electron chi connectivity index (χ4n) is 1.90. The molecule has 0 unspecified atom stereocenters. The number of nitrogen functional groups attached to an aromatic ring is 1. The fourth-order valence-corrected chi connectivity index (χ4v) is 1.90. The molecule has 17 heavy (non-hydrogen) atoms. The Labute approximate surface area is 101 Å². The van der Waals surface area contributed by atoms with E-state index >= 15 is 0 Å². The van der Waals surface area contributed by atoms with E-state index in [0.717, 1.165) is 13.0 Å². The van der Waals surface area contributed by atoms with Crippen molar-refractivity contribution < 1.29 is 9.53 Å². The van der Waals surface area contributed by atoms with Crippen LogP contribution in [0.4, 0.5) is 5.69 Å². The molecule has 0 bridgehead atoms. The van der Waals surface area contributed by atoms with E-state index in [1.54, 1.807) is 30.2 Å². The summed E-state index contributed by atoms with van der Waals surface area (Å²) < 4.78 is 5.11. The Hall–Kier alpha value is -1.97. The van der Waals surface area contributed by atoms with Crippen LogP contribution in [0, 0.1) is 0 Å². The standard InChI is InChI=1S/C13H16N2O2/c1-17-11-7-5-6-10(12(11)14)13(16)15-8-3-2-4-9-15/h2-3,5-7H,4,8-9,14H2,1H3. The molecule has 1 heterocycles. The average Bonchev–Trinajstić information content (AvgIpc) is 2.39. The first-order valence-corrected chi connectivity index (χ1v) is 5.61. The van der Waals surface area contributed by atoms with E-state index in [4.69, 9.17) is 10.5 Å². The van der Waals surface area contributed by atoms with Gasteiger partial charge in [-0.25, -0.2) is 0 Å². The number of ether oxygens (including phenoxy) is 1. The van der Waals surface area contributed by atoms with Crippen molar-refractivity contribution in [2.24, 2.45) is 0 Å². The summed E-state index contributed by atoms with van der Waals surface area (Å²) >= 11 is 0. The van der Waals surface area contributed by atoms with Crippen molar-refractivity contribution in [1.29, 1.82) is 0 Å². The van der Waals surface area contributed by atoms with Gasteiger partial charge >= 0.3 is 0 Å². The molecule has 0 aromatic heterocycles. The number of hydrogen-bond donors (Lipinski definition) is 1. The van der Waals surface area contributed by atoms with Gasteiger partial charge in [-0.15, -0.1) is 0 Å². The van der Waals surface area contributed by atoms with Crippen LogP contribution in [0.5, 0.6) is 5.75 Å². The first-order valence-electron chi connectivity index (χ1n) is 5.61. The lowest BCUT2D eigenvalue weighted by Crippen LogP contribution is -2.34. The third-order valence-corrected chi connectivity index (χ3v) is 2.86. The molecule has 4 heteroatoms. The number of benzene rings is 1. The van der Waals surface area contributed by atoms with Gasteiger partial charge in [0, 0.05) is 13.1 Å². The minimum absolute atomic E-state index is 0.0363. The molecule has 0 spiro atoms. The number of hydrogen-bond acceptors (Lipinski definition) is 3. The average molecular weight is 232 g/mol. The van der Waals surface area contributed by atoms with Crippen molar-refractivity contribution in [3.8, 4) is 5.75 Å². The third-order valence-electron chi connectivity index (χ3n) is 2.86. The Balaban J connectivity index is 2.27. The van der Waals surface area contributed by atoms with Gasteiger partial charge in [-0.1, -0.05) is 18.2 Å². The highest BCUT2D eigenvalue weighted by Crippen LogP contribution is 2.26. The summed E-state index contributed by atoms with van der Waals surface area (Å²) in [6.07, 6.45) is 4.98. The largest absolute Gasteiger partial charge is 0.495 e. The quantitative estimate of drug-likeness (QED) is 0.623. The molecule has 2 N–H and O–H groups in total. The van der Waals surface area contributed by atoms with Gasteiger partial charge < -0.3 is 15.4 Å². The van der Waals surface area contributed by atoms with Crippen LogP contribution in [0.2, 0.25) is 0 Å². The number of carbonyl (C=O) groups is 1. The lowest BCUT2D eigenvalue weighted by molar-refractivity contribution is 0.0772. The van der Waals surface area contributed by atoms with Crippen LogP contribution in [0.25, 0.3) is 0 Å². The summed E-state index contributed by atoms with van der Waals surface area (Å²) in [5.41, 5.74) is 6.84. The second kappa shape index (κ2) is 4.91. The third kappa shape index (κ3) is 2.25. The normalized spacial score (nSPS) is 14.8. The van der Waals surface area contributed by atoms with Crippen LogP contribution in [-0.4, -0.2) is 31.0 Å². The molecular formula is C13H16N2O2. The summed E-state index contributed by atoms with van der Waals surface area (Å²) in [5, 5.41) is 0. The minimum Gasteiger partial charge on any atom is -0.495 e. The van der Waals surface area contributed by atoms with Gasteiger partial charge in [0.05, 0.1) is 18.4 Å². The van der Waals surface area contributed by atoms with Crippen LogP contribution >= 0.6 is 0 Å². The fraction of sp³-hybridized carbons (Fsp3) is 0.308. The molecule has 1 aliphatic rings. The first-order chi connectivity index (χ1) is 8.24. The molecule has 2 rings (SSSR count). The Morgan fingerprint density at radius 3 is 2.88 bits per heavy atom. The zero-order valence-electron chi connectivity index (χ0n) is 9.85. The van der Waals surface area contributed by atoms with E-state index in [-0.39, 0.29) is 5.91 Å². The van der Waals surface area contributed by atoms with Crippen molar-refractivity contribution in [2.75, 3.05) is 25.9 Å². The van der Waals surface area contributed by atoms with Crippen LogP contribution < -0.4 is 10.5 Å². The highest BCUT2D eigenvalue weighted by Gasteiger charge is 2.19. The molecule has 1 aliphatic heterocycles. The SMILES string of the molecule is COc1cccc(C(=O)N2CC=CCC2)c1N. The maximum absolute atomic E-state index is 12.2. The number of amides is 1. The van der Waals surface area contributed by atoms with Gasteiger partial charge in [0.1, 0.15) is 5.75 Å². The molecule has 1 aromatic rings. The monoisotopic (exact) mass is 232 g/mol. The van der Waals surface area contributed by atoms with Gasteiger partial charge in [0.25, 0.3) is 5.91 Å². The Kier molecular flexibility index (Phi) is 3.32. The number of para-hydroxylation sites is 1. The van der Waals surface area contributed by atoms with Gasteiger partial charge in [0.15, 0.2) is 0 Å².